The highest BCUT2D eigenvalue weighted by Crippen LogP contribution is 2.18. The Kier molecular flexibility index (Phi) is 8.98. The SMILES string of the molecule is C1=CC=CC=CC=Cc2ccccc2ONN=NN=NC=CC=CC=C1. The molecule has 1 aromatic carbocycles. The molecule has 1 aliphatic rings. The molecule has 0 saturated heterocycles. The third-order valence-electron chi connectivity index (χ3n) is 2.90. The molecular formula is C20H19N5O. The van der Waals surface area contributed by atoms with Crippen LogP contribution >= 0.6 is 0 Å². The van der Waals surface area contributed by atoms with Crippen LogP contribution in [0.3, 0.4) is 0 Å². The summed E-state index contributed by atoms with van der Waals surface area (Å²) in [5.74, 6) is 0.616. The van der Waals surface area contributed by atoms with Crippen molar-refractivity contribution in [1.29, 1.82) is 0 Å². The molecule has 0 spiro atoms. The lowest BCUT2D eigenvalue weighted by molar-refractivity contribution is 0.190. The summed E-state index contributed by atoms with van der Waals surface area (Å²) in [6.45, 7) is 0. The molecule has 130 valence electrons. The molecule has 1 aromatic rings. The van der Waals surface area contributed by atoms with Crippen LogP contribution in [0, 0.1) is 0 Å². The highest BCUT2D eigenvalue weighted by atomic mass is 16.7. The van der Waals surface area contributed by atoms with Crippen molar-refractivity contribution in [3.8, 4) is 5.75 Å². The first-order valence-electron chi connectivity index (χ1n) is 7.94. The normalized spacial score (nSPS) is 14.9. The number of hydrogen-bond donors (Lipinski definition) is 1. The molecule has 0 radical (unpaired) electrons. The van der Waals surface area contributed by atoms with Crippen LogP contribution in [-0.4, -0.2) is 0 Å². The van der Waals surface area contributed by atoms with E-state index in [1.54, 1.807) is 6.08 Å². The van der Waals surface area contributed by atoms with Gasteiger partial charge in [-0.2, -0.15) is 0 Å². The Morgan fingerprint density at radius 1 is 0.654 bits per heavy atom. The third kappa shape index (κ3) is 8.16. The van der Waals surface area contributed by atoms with Crippen molar-refractivity contribution >= 4 is 6.08 Å². The molecular weight excluding hydrogens is 326 g/mol. The average molecular weight is 345 g/mol. The lowest BCUT2D eigenvalue weighted by atomic mass is 10.2. The molecule has 26 heavy (non-hydrogen) atoms. The molecule has 0 aliphatic carbocycles. The predicted octanol–water partition coefficient (Wildman–Crippen LogP) is 5.63. The Hall–Kier alpha value is -3.80. The van der Waals surface area contributed by atoms with Gasteiger partial charge in [-0.3, -0.25) is 0 Å². The molecule has 0 atom stereocenters. The van der Waals surface area contributed by atoms with Crippen LogP contribution in [0.4, 0.5) is 0 Å². The van der Waals surface area contributed by atoms with Crippen LogP contribution in [0.5, 0.6) is 5.75 Å². The molecule has 0 saturated carbocycles. The summed E-state index contributed by atoms with van der Waals surface area (Å²) in [6, 6.07) is 7.54. The van der Waals surface area contributed by atoms with Crippen LogP contribution in [0.25, 0.3) is 6.08 Å². The summed E-state index contributed by atoms with van der Waals surface area (Å²) < 4.78 is 0. The smallest absolute Gasteiger partial charge is 0.164 e. The van der Waals surface area contributed by atoms with Gasteiger partial charge in [0, 0.05) is 5.56 Å². The van der Waals surface area contributed by atoms with Crippen molar-refractivity contribution in [3.63, 3.8) is 0 Å². The van der Waals surface area contributed by atoms with Gasteiger partial charge in [-0.15, -0.1) is 10.7 Å². The summed E-state index contributed by atoms with van der Waals surface area (Å²) in [7, 11) is 0. The zero-order chi connectivity index (χ0) is 18.1. The van der Waals surface area contributed by atoms with Crippen LogP contribution < -0.4 is 10.4 Å². The van der Waals surface area contributed by atoms with E-state index in [0.717, 1.165) is 5.56 Å². The predicted molar refractivity (Wildman–Crippen MR) is 104 cm³/mol. The fourth-order valence-corrected chi connectivity index (χ4v) is 1.76. The van der Waals surface area contributed by atoms with Crippen LogP contribution in [0.2, 0.25) is 0 Å². The fourth-order valence-electron chi connectivity index (χ4n) is 1.76. The van der Waals surface area contributed by atoms with Gasteiger partial charge < -0.3 is 4.84 Å². The Morgan fingerprint density at radius 2 is 1.27 bits per heavy atom. The van der Waals surface area contributed by atoms with Gasteiger partial charge in [0.25, 0.3) is 0 Å². The second-order valence-electron chi connectivity index (χ2n) is 4.75. The van der Waals surface area contributed by atoms with Crippen LogP contribution in [-0.2, 0) is 0 Å². The van der Waals surface area contributed by atoms with E-state index in [4.69, 9.17) is 4.84 Å². The Morgan fingerprint density at radius 3 is 2.00 bits per heavy atom. The number of nitrogens with one attached hydrogen (secondary N) is 1. The monoisotopic (exact) mass is 345 g/mol. The second-order valence-corrected chi connectivity index (χ2v) is 4.75. The highest BCUT2D eigenvalue weighted by molar-refractivity contribution is 5.58. The third-order valence-corrected chi connectivity index (χ3v) is 2.90. The minimum atomic E-state index is 0.616. The number of hydrogen-bond acceptors (Lipinski definition) is 6. The van der Waals surface area contributed by atoms with E-state index in [0.29, 0.717) is 5.75 Å². The van der Waals surface area contributed by atoms with Crippen molar-refractivity contribution in [2.75, 3.05) is 0 Å². The van der Waals surface area contributed by atoms with E-state index in [2.05, 4.69) is 26.4 Å². The molecule has 0 aromatic heterocycles. The Balaban J connectivity index is 2.10. The summed E-state index contributed by atoms with van der Waals surface area (Å²) in [4.78, 5) is 5.35. The van der Waals surface area contributed by atoms with E-state index in [9.17, 15) is 0 Å². The maximum Gasteiger partial charge on any atom is 0.164 e. The summed E-state index contributed by atoms with van der Waals surface area (Å²) in [6.07, 6.45) is 26.3. The maximum absolute atomic E-state index is 5.35. The lowest BCUT2D eigenvalue weighted by Gasteiger charge is -2.04. The van der Waals surface area contributed by atoms with Crippen molar-refractivity contribution in [2.24, 2.45) is 20.8 Å². The van der Waals surface area contributed by atoms with Crippen molar-refractivity contribution in [3.05, 3.63) is 109 Å². The largest absolute Gasteiger partial charge is 0.363 e. The van der Waals surface area contributed by atoms with Gasteiger partial charge >= 0.3 is 0 Å². The Labute approximate surface area is 152 Å². The molecule has 0 bridgehead atoms. The van der Waals surface area contributed by atoms with Crippen LogP contribution in [0.15, 0.2) is 124 Å². The molecule has 0 fully saturated rings. The maximum atomic E-state index is 5.35. The minimum absolute atomic E-state index is 0.616. The summed E-state index contributed by atoms with van der Waals surface area (Å²) in [5, 5.41) is 14.2. The molecule has 0 amide bonds. The molecule has 1 N–H and O–H groups in total. The van der Waals surface area contributed by atoms with E-state index in [-0.39, 0.29) is 0 Å². The number of para-hydroxylation sites is 1. The number of benzene rings is 1. The molecule has 0 unspecified atom stereocenters. The van der Waals surface area contributed by atoms with E-state index >= 15 is 0 Å². The van der Waals surface area contributed by atoms with Crippen molar-refractivity contribution < 1.29 is 4.84 Å². The topological polar surface area (TPSA) is 70.7 Å². The zero-order valence-electron chi connectivity index (χ0n) is 14.1. The first-order chi connectivity index (χ1) is 13.0. The summed E-state index contributed by atoms with van der Waals surface area (Å²) in [5.41, 5.74) is 3.26. The van der Waals surface area contributed by atoms with Gasteiger partial charge in [-0.05, 0) is 27.8 Å². The number of rotatable bonds is 0. The standard InChI is InChI=1S/C20H19N5O/c1-2-4-6-8-10-14-18-21-22-23-24-25-26-20-17-13-12-16-19(20)15-11-9-7-5-3-1/h1-18H,(H,21,23,25). The molecule has 1 heterocycles. The second kappa shape index (κ2) is 12.6. The molecule has 6 nitrogen and oxygen atoms in total. The van der Waals surface area contributed by atoms with Gasteiger partial charge in [0.2, 0.25) is 0 Å². The van der Waals surface area contributed by atoms with E-state index in [1.807, 2.05) is 97.2 Å². The van der Waals surface area contributed by atoms with Crippen LogP contribution in [0.1, 0.15) is 5.56 Å². The fraction of sp³-hybridized carbons (Fsp3) is 0. The van der Waals surface area contributed by atoms with Gasteiger partial charge in [0.05, 0.1) is 6.20 Å². The lowest BCUT2D eigenvalue weighted by Crippen LogP contribution is -2.10. The zero-order valence-corrected chi connectivity index (χ0v) is 14.1. The van der Waals surface area contributed by atoms with Gasteiger partial charge in [-0.25, -0.2) is 0 Å². The minimum Gasteiger partial charge on any atom is -0.363 e. The van der Waals surface area contributed by atoms with Crippen molar-refractivity contribution in [2.45, 2.75) is 0 Å². The van der Waals surface area contributed by atoms with Gasteiger partial charge in [0.1, 0.15) is 0 Å². The number of fused-ring (bicyclic) bond motifs is 1. The van der Waals surface area contributed by atoms with Gasteiger partial charge in [0.15, 0.2) is 5.75 Å². The first kappa shape index (κ1) is 18.5. The summed E-state index contributed by atoms with van der Waals surface area (Å²) >= 11 is 0. The molecule has 6 heteroatoms. The van der Waals surface area contributed by atoms with Gasteiger partial charge in [-0.1, -0.05) is 91.1 Å². The average Bonchev–Trinajstić information content (AvgIpc) is 2.66. The van der Waals surface area contributed by atoms with Crippen molar-refractivity contribution in [1.82, 2.24) is 5.59 Å². The van der Waals surface area contributed by atoms with E-state index < -0.39 is 0 Å². The number of allylic oxidation sites excluding steroid dienone is 12. The van der Waals surface area contributed by atoms with E-state index in [1.165, 1.54) is 6.20 Å². The molecule has 2 rings (SSSR count). The molecule has 1 aliphatic heterocycles. The quantitative estimate of drug-likeness (QED) is 0.662. The Bertz CT molecular complexity index is 811. The number of nitrogens with zero attached hydrogens (tertiary/aromatic N) is 4. The first-order valence-corrected chi connectivity index (χ1v) is 7.94. The highest BCUT2D eigenvalue weighted by Gasteiger charge is 1.98.